The molecule has 1 amide bonds. The van der Waals surface area contributed by atoms with Crippen LogP contribution in [0, 0.1) is 11.3 Å². The smallest absolute Gasteiger partial charge is 0.310 e. The van der Waals surface area contributed by atoms with Crippen molar-refractivity contribution in [2.24, 2.45) is 17.1 Å². The zero-order chi connectivity index (χ0) is 13.2. The van der Waals surface area contributed by atoms with E-state index in [1.165, 1.54) is 0 Å². The quantitative estimate of drug-likeness (QED) is 0.626. The van der Waals surface area contributed by atoms with E-state index < -0.39 is 17.9 Å². The fourth-order valence-electron chi connectivity index (χ4n) is 1.65. The van der Waals surface area contributed by atoms with Crippen molar-refractivity contribution in [3.63, 3.8) is 0 Å². The first-order chi connectivity index (χ1) is 7.71. The van der Waals surface area contributed by atoms with E-state index in [2.05, 4.69) is 5.32 Å². The van der Waals surface area contributed by atoms with Gasteiger partial charge in [0.2, 0.25) is 5.91 Å². The van der Waals surface area contributed by atoms with Gasteiger partial charge in [-0.3, -0.25) is 9.59 Å². The molecule has 0 aromatic heterocycles. The summed E-state index contributed by atoms with van der Waals surface area (Å²) in [5.74, 6) is -1.61. The molecular weight excluding hydrogens is 220 g/mol. The number of nitrogens with one attached hydrogen (secondary N) is 1. The number of amides is 1. The van der Waals surface area contributed by atoms with Crippen LogP contribution in [0.2, 0.25) is 0 Å². The molecule has 3 atom stereocenters. The number of nitrogens with two attached hydrogens (primary N) is 1. The third kappa shape index (κ3) is 3.56. The van der Waals surface area contributed by atoms with E-state index in [9.17, 15) is 9.59 Å². The Balaban J connectivity index is 2.50. The lowest BCUT2D eigenvalue weighted by atomic mass is 9.87. The molecule has 0 aromatic rings. The fourth-order valence-corrected chi connectivity index (χ4v) is 1.65. The number of carboxylic acids is 1. The zero-order valence-corrected chi connectivity index (χ0v) is 10.4. The molecule has 4 N–H and O–H groups in total. The van der Waals surface area contributed by atoms with E-state index in [0.717, 1.165) is 0 Å². The van der Waals surface area contributed by atoms with Crippen LogP contribution in [0.1, 0.15) is 27.2 Å². The van der Waals surface area contributed by atoms with Gasteiger partial charge in [0.15, 0.2) is 0 Å². The standard InChI is InChI=1S/C12H20N2O3/c1-12(2,3)9(13)10(15)14-8-5-4-7(6-8)11(16)17/h4-5,7-9H,6,13H2,1-3H3,(H,14,15)(H,16,17)/t7?,8?,9-/m1/s1. The number of carbonyl (C=O) groups is 2. The van der Waals surface area contributed by atoms with Crippen LogP contribution in [-0.2, 0) is 9.59 Å². The number of carbonyl (C=O) groups excluding carboxylic acids is 1. The molecular formula is C12H20N2O3. The van der Waals surface area contributed by atoms with Crippen LogP contribution in [0.15, 0.2) is 12.2 Å². The summed E-state index contributed by atoms with van der Waals surface area (Å²) in [7, 11) is 0. The maximum Gasteiger partial charge on any atom is 0.310 e. The third-order valence-corrected chi connectivity index (χ3v) is 2.94. The number of aliphatic carboxylic acids is 1. The molecule has 5 nitrogen and oxygen atoms in total. The number of hydrogen-bond donors (Lipinski definition) is 3. The molecule has 0 radical (unpaired) electrons. The first-order valence-electron chi connectivity index (χ1n) is 5.69. The minimum Gasteiger partial charge on any atom is -0.481 e. The average Bonchev–Trinajstić information content (AvgIpc) is 2.63. The van der Waals surface area contributed by atoms with Crippen LogP contribution in [0.3, 0.4) is 0 Å². The van der Waals surface area contributed by atoms with E-state index >= 15 is 0 Å². The monoisotopic (exact) mass is 240 g/mol. The van der Waals surface area contributed by atoms with Crippen molar-refractivity contribution in [1.82, 2.24) is 5.32 Å². The lowest BCUT2D eigenvalue weighted by molar-refractivity contribution is -0.140. The highest BCUT2D eigenvalue weighted by atomic mass is 16.4. The lowest BCUT2D eigenvalue weighted by Gasteiger charge is -2.27. The molecule has 0 saturated carbocycles. The Morgan fingerprint density at radius 2 is 2.00 bits per heavy atom. The van der Waals surface area contributed by atoms with Crippen molar-refractivity contribution >= 4 is 11.9 Å². The highest BCUT2D eigenvalue weighted by Crippen LogP contribution is 2.20. The minimum absolute atomic E-state index is 0.225. The van der Waals surface area contributed by atoms with Gasteiger partial charge in [-0.2, -0.15) is 0 Å². The second kappa shape index (κ2) is 4.87. The Labute approximate surface area is 101 Å². The van der Waals surface area contributed by atoms with Gasteiger partial charge in [-0.15, -0.1) is 0 Å². The molecule has 96 valence electrons. The Morgan fingerprint density at radius 3 is 2.41 bits per heavy atom. The molecule has 0 aliphatic heterocycles. The highest BCUT2D eigenvalue weighted by Gasteiger charge is 2.31. The molecule has 1 aliphatic rings. The van der Waals surface area contributed by atoms with E-state index in [0.29, 0.717) is 6.42 Å². The van der Waals surface area contributed by atoms with Gasteiger partial charge in [0.1, 0.15) is 0 Å². The van der Waals surface area contributed by atoms with Gasteiger partial charge in [-0.1, -0.05) is 32.9 Å². The summed E-state index contributed by atoms with van der Waals surface area (Å²) in [5, 5.41) is 11.6. The third-order valence-electron chi connectivity index (χ3n) is 2.94. The number of carboxylic acid groups (broad SMARTS) is 1. The van der Waals surface area contributed by atoms with Crippen LogP contribution in [0.25, 0.3) is 0 Å². The summed E-state index contributed by atoms with van der Waals surface area (Å²) in [6.45, 7) is 5.67. The first-order valence-corrected chi connectivity index (χ1v) is 5.69. The predicted molar refractivity (Wildman–Crippen MR) is 64.2 cm³/mol. The van der Waals surface area contributed by atoms with Crippen LogP contribution in [0.5, 0.6) is 0 Å². The summed E-state index contributed by atoms with van der Waals surface area (Å²) in [6.07, 6.45) is 3.72. The summed E-state index contributed by atoms with van der Waals surface area (Å²) in [4.78, 5) is 22.5. The Hall–Kier alpha value is -1.36. The topological polar surface area (TPSA) is 92.4 Å². The average molecular weight is 240 g/mol. The molecule has 1 rings (SSSR count). The van der Waals surface area contributed by atoms with Gasteiger partial charge >= 0.3 is 5.97 Å². The fraction of sp³-hybridized carbons (Fsp3) is 0.667. The molecule has 0 spiro atoms. The SMILES string of the molecule is CC(C)(C)[C@H](N)C(=O)NC1C=CC(C(=O)O)C1. The molecule has 0 saturated heterocycles. The summed E-state index contributed by atoms with van der Waals surface area (Å²) in [6, 6.07) is -0.822. The van der Waals surface area contributed by atoms with E-state index in [1.807, 2.05) is 20.8 Å². The van der Waals surface area contributed by atoms with Gasteiger partial charge in [-0.05, 0) is 11.8 Å². The van der Waals surface area contributed by atoms with Gasteiger partial charge in [0.25, 0.3) is 0 Å². The normalized spacial score (nSPS) is 25.6. The second-order valence-electron chi connectivity index (χ2n) is 5.52. The second-order valence-corrected chi connectivity index (χ2v) is 5.52. The van der Waals surface area contributed by atoms with Crippen LogP contribution in [0.4, 0.5) is 0 Å². The Bertz CT molecular complexity index is 344. The van der Waals surface area contributed by atoms with Crippen molar-refractivity contribution in [1.29, 1.82) is 0 Å². The van der Waals surface area contributed by atoms with Gasteiger partial charge in [0, 0.05) is 6.04 Å². The van der Waals surface area contributed by atoms with Crippen LogP contribution < -0.4 is 11.1 Å². The van der Waals surface area contributed by atoms with Crippen LogP contribution in [-0.4, -0.2) is 29.1 Å². The summed E-state index contributed by atoms with van der Waals surface area (Å²) >= 11 is 0. The molecule has 0 heterocycles. The van der Waals surface area contributed by atoms with Crippen molar-refractivity contribution in [2.75, 3.05) is 0 Å². The number of hydrogen-bond acceptors (Lipinski definition) is 3. The largest absolute Gasteiger partial charge is 0.481 e. The van der Waals surface area contributed by atoms with Crippen molar-refractivity contribution in [3.8, 4) is 0 Å². The van der Waals surface area contributed by atoms with Crippen LogP contribution >= 0.6 is 0 Å². The van der Waals surface area contributed by atoms with E-state index in [4.69, 9.17) is 10.8 Å². The summed E-state index contributed by atoms with van der Waals surface area (Å²) < 4.78 is 0. The molecule has 0 bridgehead atoms. The van der Waals surface area contributed by atoms with Crippen molar-refractivity contribution in [2.45, 2.75) is 39.3 Å². The van der Waals surface area contributed by atoms with Gasteiger partial charge < -0.3 is 16.2 Å². The maximum absolute atomic E-state index is 11.8. The zero-order valence-electron chi connectivity index (χ0n) is 10.4. The van der Waals surface area contributed by atoms with E-state index in [-0.39, 0.29) is 17.4 Å². The van der Waals surface area contributed by atoms with Crippen molar-refractivity contribution < 1.29 is 14.7 Å². The lowest BCUT2D eigenvalue weighted by Crippen LogP contribution is -2.50. The first kappa shape index (κ1) is 13.7. The number of rotatable bonds is 3. The predicted octanol–water partition coefficient (Wildman–Crippen LogP) is 0.505. The summed E-state index contributed by atoms with van der Waals surface area (Å²) in [5.41, 5.74) is 5.51. The van der Waals surface area contributed by atoms with Crippen molar-refractivity contribution in [3.05, 3.63) is 12.2 Å². The van der Waals surface area contributed by atoms with Gasteiger partial charge in [0.05, 0.1) is 12.0 Å². The molecule has 17 heavy (non-hydrogen) atoms. The maximum atomic E-state index is 11.8. The minimum atomic E-state index is -0.863. The molecule has 2 unspecified atom stereocenters. The molecule has 1 aliphatic carbocycles. The molecule has 0 fully saturated rings. The van der Waals surface area contributed by atoms with Gasteiger partial charge in [-0.25, -0.2) is 0 Å². The molecule has 0 aromatic carbocycles. The Morgan fingerprint density at radius 1 is 1.41 bits per heavy atom. The van der Waals surface area contributed by atoms with E-state index in [1.54, 1.807) is 12.2 Å². The molecule has 5 heteroatoms. The Kier molecular flexibility index (Phi) is 3.93. The highest BCUT2D eigenvalue weighted by molar-refractivity contribution is 5.83.